The van der Waals surface area contributed by atoms with Crippen molar-refractivity contribution in [3.63, 3.8) is 0 Å². The van der Waals surface area contributed by atoms with E-state index in [0.717, 1.165) is 18.5 Å². The number of thiazole rings is 1. The van der Waals surface area contributed by atoms with Gasteiger partial charge in [0.2, 0.25) is 6.20 Å². The van der Waals surface area contributed by atoms with Crippen LogP contribution < -0.4 is 0 Å². The molecule has 0 spiro atoms. The highest BCUT2D eigenvalue weighted by molar-refractivity contribution is 7.09. The van der Waals surface area contributed by atoms with Gasteiger partial charge in [-0.25, -0.2) is 13.8 Å². The summed E-state index contributed by atoms with van der Waals surface area (Å²) in [4.78, 5) is 19.4. The van der Waals surface area contributed by atoms with Gasteiger partial charge in [-0.3, -0.25) is 4.79 Å². The molecule has 3 unspecified atom stereocenters. The van der Waals surface area contributed by atoms with Crippen LogP contribution in [0.25, 0.3) is 0 Å². The van der Waals surface area contributed by atoms with Crippen molar-refractivity contribution in [3.8, 4) is 0 Å². The number of amides is 1. The highest BCUT2D eigenvalue weighted by Crippen LogP contribution is 2.35. The van der Waals surface area contributed by atoms with Crippen LogP contribution in [-0.2, 0) is 0 Å². The molecule has 0 bridgehead atoms. The summed E-state index contributed by atoms with van der Waals surface area (Å²) in [6.07, 6.45) is 0.314. The molecule has 152 valence electrons. The number of carbonyl (C=O) groups is 1. The maximum atomic E-state index is 13.3. The Kier molecular flexibility index (Phi) is 5.51. The average molecular weight is 419 g/mol. The molecule has 3 heterocycles. The summed E-state index contributed by atoms with van der Waals surface area (Å²) in [5, 5.41) is 15.8. The number of aromatic nitrogens is 1. The van der Waals surface area contributed by atoms with E-state index < -0.39 is 12.5 Å². The van der Waals surface area contributed by atoms with Crippen molar-refractivity contribution in [1.29, 1.82) is 0 Å². The summed E-state index contributed by atoms with van der Waals surface area (Å²) in [6, 6.07) is 7.38. The predicted molar refractivity (Wildman–Crippen MR) is 103 cm³/mol. The van der Waals surface area contributed by atoms with E-state index in [-0.39, 0.29) is 23.6 Å². The predicted octanol–water partition coefficient (Wildman–Crippen LogP) is 4.43. The fourth-order valence-electron chi connectivity index (χ4n) is 3.63. The number of hydrogen-bond acceptors (Lipinski definition) is 5. The lowest BCUT2D eigenvalue weighted by Gasteiger charge is -2.37. The minimum atomic E-state index is -2.87. The number of likely N-dealkylation sites (tertiary alicyclic amines) is 1. The first-order valence-electron chi connectivity index (χ1n) is 9.44. The molecule has 1 fully saturated rings. The molecular weight excluding hydrogens is 398 g/mol. The third-order valence-electron chi connectivity index (χ3n) is 5.35. The van der Waals surface area contributed by atoms with Crippen LogP contribution in [0.1, 0.15) is 52.8 Å². The average Bonchev–Trinajstić information content (AvgIpc) is 3.16. The molecule has 0 saturated carbocycles. The highest BCUT2D eigenvalue weighted by atomic mass is 32.1. The first-order chi connectivity index (χ1) is 14.0. The normalized spacial score (nSPS) is 22.4. The Labute approximate surface area is 170 Å². The lowest BCUT2D eigenvalue weighted by molar-refractivity contribution is -0.456. The standard InChI is InChI=1S/C20H21F2N4O2S/c1-12-6-7-13(19-24-15(11-29-19)17(27)18(21)22)10-25(12)20(28)14-4-2-3-5-16(14)26-9-8-23-26/h2-5,8-9,11-13,17-18,27H,6-7,10H2,1H3/q+1. The Morgan fingerprint density at radius 2 is 2.10 bits per heavy atom. The Morgan fingerprint density at radius 1 is 1.34 bits per heavy atom. The molecule has 0 aliphatic carbocycles. The van der Waals surface area contributed by atoms with E-state index in [0.29, 0.717) is 17.1 Å². The van der Waals surface area contributed by atoms with Crippen molar-refractivity contribution in [2.45, 2.75) is 44.3 Å². The van der Waals surface area contributed by atoms with Gasteiger partial charge in [0.15, 0.2) is 12.3 Å². The van der Waals surface area contributed by atoms with Gasteiger partial charge in [0.25, 0.3) is 18.0 Å². The Bertz CT molecular complexity index is 975. The minimum Gasteiger partial charge on any atom is -0.381 e. The van der Waals surface area contributed by atoms with Gasteiger partial charge < -0.3 is 10.0 Å². The minimum absolute atomic E-state index is 0.00646. The second-order valence-corrected chi connectivity index (χ2v) is 8.14. The van der Waals surface area contributed by atoms with Gasteiger partial charge in [-0.1, -0.05) is 12.1 Å². The van der Waals surface area contributed by atoms with Crippen molar-refractivity contribution >= 4 is 22.9 Å². The molecule has 6 nitrogen and oxygen atoms in total. The van der Waals surface area contributed by atoms with Gasteiger partial charge >= 0.3 is 0 Å². The molecule has 29 heavy (non-hydrogen) atoms. The second kappa shape index (κ2) is 8.08. The first-order valence-corrected chi connectivity index (χ1v) is 10.3. The highest BCUT2D eigenvalue weighted by Gasteiger charge is 2.35. The summed E-state index contributed by atoms with van der Waals surface area (Å²) in [5.74, 6) is -0.128. The van der Waals surface area contributed by atoms with Crippen molar-refractivity contribution < 1.29 is 23.4 Å². The molecule has 1 aromatic carbocycles. The maximum absolute atomic E-state index is 13.3. The van der Waals surface area contributed by atoms with Crippen molar-refractivity contribution in [1.82, 2.24) is 9.88 Å². The lowest BCUT2D eigenvalue weighted by Crippen LogP contribution is -2.45. The summed E-state index contributed by atoms with van der Waals surface area (Å²) in [6.45, 7) is 2.47. The lowest BCUT2D eigenvalue weighted by atomic mass is 9.93. The zero-order valence-corrected chi connectivity index (χ0v) is 16.6. The van der Waals surface area contributed by atoms with E-state index in [1.807, 2.05) is 30.0 Å². The molecule has 2 aliphatic heterocycles. The summed E-state index contributed by atoms with van der Waals surface area (Å²) in [5.41, 5.74) is 1.29. The molecule has 2 aliphatic rings. The number of azo groups is 2. The molecule has 1 saturated heterocycles. The fraction of sp³-hybridized carbons (Fsp3) is 0.400. The first kappa shape index (κ1) is 19.8. The molecule has 4 rings (SSSR count). The number of hydrogen-bond donors (Lipinski definition) is 1. The number of piperidine rings is 1. The van der Waals surface area contributed by atoms with Gasteiger partial charge in [-0.15, -0.1) is 11.3 Å². The number of aliphatic hydroxyl groups excluding tert-OH is 1. The summed E-state index contributed by atoms with van der Waals surface area (Å²) >= 11 is 1.26. The van der Waals surface area contributed by atoms with Crippen molar-refractivity contribution in [2.75, 3.05) is 6.54 Å². The molecule has 2 aromatic rings. The molecule has 1 aromatic heterocycles. The van der Waals surface area contributed by atoms with Gasteiger partial charge in [0.05, 0.1) is 10.7 Å². The number of nitrogens with zero attached hydrogens (tertiary/aromatic N) is 4. The zero-order valence-electron chi connectivity index (χ0n) is 15.8. The SMILES string of the molecule is CC1CCC(c2nc(C(O)C(F)F)cs2)CN1C(=O)c1ccccc1[N+]1=NC=C1. The van der Waals surface area contributed by atoms with E-state index in [1.54, 1.807) is 23.2 Å². The van der Waals surface area contributed by atoms with Crippen molar-refractivity contribution in [2.24, 2.45) is 5.11 Å². The Balaban J connectivity index is 1.55. The zero-order chi connectivity index (χ0) is 20.5. The van der Waals surface area contributed by atoms with Crippen LogP contribution in [-0.4, -0.2) is 44.6 Å². The monoisotopic (exact) mass is 419 g/mol. The smallest absolute Gasteiger partial charge is 0.269 e. The third kappa shape index (κ3) is 3.84. The van der Waals surface area contributed by atoms with Gasteiger partial charge in [-0.05, 0) is 30.5 Å². The van der Waals surface area contributed by atoms with Gasteiger partial charge in [0.1, 0.15) is 5.56 Å². The number of aliphatic hydroxyl groups is 1. The number of carbonyl (C=O) groups excluding carboxylic acids is 1. The second-order valence-electron chi connectivity index (χ2n) is 7.25. The number of rotatable bonds is 5. The number of halogens is 2. The summed E-state index contributed by atoms with van der Waals surface area (Å²) < 4.78 is 27.2. The van der Waals surface area contributed by atoms with Gasteiger partial charge in [-0.2, -0.15) is 0 Å². The Hall–Kier alpha value is -2.52. The third-order valence-corrected chi connectivity index (χ3v) is 6.38. The van der Waals surface area contributed by atoms with Crippen LogP contribution in [0.4, 0.5) is 14.5 Å². The number of benzene rings is 1. The van der Waals surface area contributed by atoms with Crippen LogP contribution >= 0.6 is 11.3 Å². The van der Waals surface area contributed by atoms with Crippen LogP contribution in [0.15, 0.2) is 47.2 Å². The molecule has 0 radical (unpaired) electrons. The van der Waals surface area contributed by atoms with E-state index in [2.05, 4.69) is 10.1 Å². The molecule has 1 amide bonds. The Morgan fingerprint density at radius 3 is 2.79 bits per heavy atom. The number of alkyl halides is 2. The molecule has 1 N–H and O–H groups in total. The topological polar surface area (TPSA) is 68.8 Å². The molecule has 3 atom stereocenters. The van der Waals surface area contributed by atoms with Crippen LogP contribution in [0.2, 0.25) is 0 Å². The largest absolute Gasteiger partial charge is 0.381 e. The number of para-hydroxylation sites is 1. The van der Waals surface area contributed by atoms with Crippen molar-refractivity contribution in [3.05, 3.63) is 58.3 Å². The molecule has 9 heteroatoms. The van der Waals surface area contributed by atoms with Crippen LogP contribution in [0.5, 0.6) is 0 Å². The van der Waals surface area contributed by atoms with E-state index >= 15 is 0 Å². The fourth-order valence-corrected chi connectivity index (χ4v) is 4.61. The van der Waals surface area contributed by atoms with Gasteiger partial charge in [0, 0.05) is 35.1 Å². The van der Waals surface area contributed by atoms with E-state index in [4.69, 9.17) is 0 Å². The van der Waals surface area contributed by atoms with Crippen LogP contribution in [0.3, 0.4) is 0 Å². The quantitative estimate of drug-likeness (QED) is 0.729. The molecular formula is C20H21F2N4O2S+. The van der Waals surface area contributed by atoms with Crippen LogP contribution in [0, 0.1) is 0 Å². The maximum Gasteiger partial charge on any atom is 0.269 e. The summed E-state index contributed by atoms with van der Waals surface area (Å²) in [7, 11) is 0. The van der Waals surface area contributed by atoms with E-state index in [1.165, 1.54) is 16.7 Å². The van der Waals surface area contributed by atoms with E-state index in [9.17, 15) is 18.7 Å².